The SMILES string of the molecule is COCc1ccc(OC)c(CCC=O)c1OC. The summed E-state index contributed by atoms with van der Waals surface area (Å²) in [7, 11) is 4.85. The molecule has 0 unspecified atom stereocenters. The lowest BCUT2D eigenvalue weighted by Gasteiger charge is -2.16. The van der Waals surface area contributed by atoms with Crippen molar-refractivity contribution in [2.24, 2.45) is 0 Å². The topological polar surface area (TPSA) is 44.8 Å². The highest BCUT2D eigenvalue weighted by Crippen LogP contribution is 2.33. The van der Waals surface area contributed by atoms with Crippen molar-refractivity contribution in [2.45, 2.75) is 19.4 Å². The first-order chi connectivity index (χ1) is 8.28. The van der Waals surface area contributed by atoms with Crippen LogP contribution in [0.15, 0.2) is 12.1 Å². The molecule has 1 rings (SSSR count). The molecule has 4 heteroatoms. The molecule has 4 nitrogen and oxygen atoms in total. The van der Waals surface area contributed by atoms with Crippen LogP contribution < -0.4 is 9.47 Å². The van der Waals surface area contributed by atoms with Crippen molar-refractivity contribution in [2.75, 3.05) is 21.3 Å². The van der Waals surface area contributed by atoms with E-state index < -0.39 is 0 Å². The zero-order chi connectivity index (χ0) is 12.7. The van der Waals surface area contributed by atoms with Crippen LogP contribution in [0, 0.1) is 0 Å². The lowest BCUT2D eigenvalue weighted by Crippen LogP contribution is -2.02. The Bertz CT molecular complexity index is 374. The molecule has 94 valence electrons. The highest BCUT2D eigenvalue weighted by atomic mass is 16.5. The summed E-state index contributed by atoms with van der Waals surface area (Å²) in [5.74, 6) is 1.48. The van der Waals surface area contributed by atoms with Gasteiger partial charge in [-0.2, -0.15) is 0 Å². The quantitative estimate of drug-likeness (QED) is 0.681. The van der Waals surface area contributed by atoms with Crippen molar-refractivity contribution in [1.29, 1.82) is 0 Å². The second-order valence-corrected chi connectivity index (χ2v) is 3.58. The minimum absolute atomic E-state index is 0.448. The monoisotopic (exact) mass is 238 g/mol. The second-order valence-electron chi connectivity index (χ2n) is 3.58. The van der Waals surface area contributed by atoms with Gasteiger partial charge in [-0.15, -0.1) is 0 Å². The van der Waals surface area contributed by atoms with Crippen molar-refractivity contribution in [3.8, 4) is 11.5 Å². The molecule has 0 fully saturated rings. The predicted molar refractivity (Wildman–Crippen MR) is 64.6 cm³/mol. The minimum atomic E-state index is 0.448. The third-order valence-corrected chi connectivity index (χ3v) is 2.54. The van der Waals surface area contributed by atoms with Crippen LogP contribution in [0.1, 0.15) is 17.5 Å². The number of carbonyl (C=O) groups is 1. The van der Waals surface area contributed by atoms with Crippen LogP contribution in [0.25, 0.3) is 0 Å². The van der Waals surface area contributed by atoms with Gasteiger partial charge in [0.25, 0.3) is 0 Å². The standard InChI is InChI=1S/C13H18O4/c1-15-9-10-6-7-12(16-2)11(5-4-8-14)13(10)17-3/h6-8H,4-5,9H2,1-3H3. The van der Waals surface area contributed by atoms with E-state index in [1.54, 1.807) is 21.3 Å². The fourth-order valence-electron chi connectivity index (χ4n) is 1.81. The first kappa shape index (κ1) is 13.5. The van der Waals surface area contributed by atoms with Gasteiger partial charge in [0.2, 0.25) is 0 Å². The molecular weight excluding hydrogens is 220 g/mol. The summed E-state index contributed by atoms with van der Waals surface area (Å²) in [6.07, 6.45) is 1.94. The number of aldehydes is 1. The molecule has 0 saturated heterocycles. The number of hydrogen-bond donors (Lipinski definition) is 0. The smallest absolute Gasteiger partial charge is 0.131 e. The van der Waals surface area contributed by atoms with Gasteiger partial charge in [0.05, 0.1) is 20.8 Å². The Morgan fingerprint density at radius 3 is 2.47 bits per heavy atom. The Kier molecular flexibility index (Phi) is 5.49. The maximum absolute atomic E-state index is 10.5. The van der Waals surface area contributed by atoms with Gasteiger partial charge in [-0.25, -0.2) is 0 Å². The van der Waals surface area contributed by atoms with Gasteiger partial charge < -0.3 is 19.0 Å². The summed E-state index contributed by atoms with van der Waals surface area (Å²) in [4.78, 5) is 10.5. The van der Waals surface area contributed by atoms with Crippen LogP contribution in [0.4, 0.5) is 0 Å². The molecule has 17 heavy (non-hydrogen) atoms. The second kappa shape index (κ2) is 6.91. The molecule has 0 aliphatic heterocycles. The van der Waals surface area contributed by atoms with Crippen LogP contribution in [0.5, 0.6) is 11.5 Å². The fourth-order valence-corrected chi connectivity index (χ4v) is 1.81. The number of methoxy groups -OCH3 is 3. The normalized spacial score (nSPS) is 10.1. The molecule has 0 bridgehead atoms. The zero-order valence-electron chi connectivity index (χ0n) is 10.5. The Hall–Kier alpha value is -1.55. The van der Waals surface area contributed by atoms with Gasteiger partial charge in [-0.1, -0.05) is 0 Å². The zero-order valence-corrected chi connectivity index (χ0v) is 10.5. The number of benzene rings is 1. The first-order valence-corrected chi connectivity index (χ1v) is 5.43. The molecule has 0 amide bonds. The summed E-state index contributed by atoms with van der Waals surface area (Å²) in [6, 6.07) is 3.78. The van der Waals surface area contributed by atoms with Gasteiger partial charge >= 0.3 is 0 Å². The lowest BCUT2D eigenvalue weighted by atomic mass is 10.0. The number of rotatable bonds is 7. The third-order valence-electron chi connectivity index (χ3n) is 2.54. The van der Waals surface area contributed by atoms with Crippen molar-refractivity contribution in [1.82, 2.24) is 0 Å². The van der Waals surface area contributed by atoms with E-state index in [9.17, 15) is 4.79 Å². The maximum Gasteiger partial charge on any atom is 0.131 e. The third kappa shape index (κ3) is 3.20. The van der Waals surface area contributed by atoms with Gasteiger partial charge in [0.1, 0.15) is 17.8 Å². The van der Waals surface area contributed by atoms with Crippen molar-refractivity contribution >= 4 is 6.29 Å². The summed E-state index contributed by atoms with van der Waals surface area (Å²) in [5.41, 5.74) is 1.87. The van der Waals surface area contributed by atoms with Crippen LogP contribution in [-0.2, 0) is 22.6 Å². The number of hydrogen-bond acceptors (Lipinski definition) is 4. The molecule has 0 atom stereocenters. The van der Waals surface area contributed by atoms with E-state index >= 15 is 0 Å². The molecule has 1 aromatic carbocycles. The average Bonchev–Trinajstić information content (AvgIpc) is 2.36. The van der Waals surface area contributed by atoms with E-state index in [-0.39, 0.29) is 0 Å². The molecule has 1 aromatic rings. The van der Waals surface area contributed by atoms with Gasteiger partial charge in [-0.05, 0) is 18.6 Å². The fraction of sp³-hybridized carbons (Fsp3) is 0.462. The molecule has 0 saturated carbocycles. The molecular formula is C13H18O4. The molecule has 0 aliphatic rings. The molecule has 0 spiro atoms. The molecule has 0 N–H and O–H groups in total. The summed E-state index contributed by atoms with van der Waals surface area (Å²) >= 11 is 0. The van der Waals surface area contributed by atoms with Crippen LogP contribution in [-0.4, -0.2) is 27.6 Å². The Balaban J connectivity index is 3.16. The van der Waals surface area contributed by atoms with Crippen LogP contribution in [0.3, 0.4) is 0 Å². The van der Waals surface area contributed by atoms with Crippen LogP contribution in [0.2, 0.25) is 0 Å². The van der Waals surface area contributed by atoms with E-state index in [2.05, 4.69) is 0 Å². The Morgan fingerprint density at radius 1 is 1.18 bits per heavy atom. The Morgan fingerprint density at radius 2 is 1.94 bits per heavy atom. The highest BCUT2D eigenvalue weighted by Gasteiger charge is 2.14. The van der Waals surface area contributed by atoms with E-state index in [0.717, 1.165) is 28.9 Å². The number of ether oxygens (including phenoxy) is 3. The van der Waals surface area contributed by atoms with Crippen molar-refractivity contribution in [3.63, 3.8) is 0 Å². The number of carbonyl (C=O) groups excluding carboxylic acids is 1. The molecule has 0 heterocycles. The average molecular weight is 238 g/mol. The van der Waals surface area contributed by atoms with E-state index in [4.69, 9.17) is 14.2 Å². The molecule has 0 aromatic heterocycles. The van der Waals surface area contributed by atoms with Crippen molar-refractivity contribution in [3.05, 3.63) is 23.3 Å². The maximum atomic E-state index is 10.5. The summed E-state index contributed by atoms with van der Waals surface area (Å²) in [5, 5.41) is 0. The van der Waals surface area contributed by atoms with Gasteiger partial charge in [0, 0.05) is 24.7 Å². The highest BCUT2D eigenvalue weighted by molar-refractivity contribution is 5.55. The summed E-state index contributed by atoms with van der Waals surface area (Å²) in [6.45, 7) is 0.473. The molecule has 0 radical (unpaired) electrons. The largest absolute Gasteiger partial charge is 0.496 e. The molecule has 0 aliphatic carbocycles. The van der Waals surface area contributed by atoms with Crippen molar-refractivity contribution < 1.29 is 19.0 Å². The van der Waals surface area contributed by atoms with Gasteiger partial charge in [0.15, 0.2) is 0 Å². The van der Waals surface area contributed by atoms with E-state index in [1.807, 2.05) is 12.1 Å². The minimum Gasteiger partial charge on any atom is -0.496 e. The van der Waals surface area contributed by atoms with E-state index in [0.29, 0.717) is 19.4 Å². The predicted octanol–water partition coefficient (Wildman–Crippen LogP) is 1.98. The van der Waals surface area contributed by atoms with Crippen LogP contribution >= 0.6 is 0 Å². The summed E-state index contributed by atoms with van der Waals surface area (Å²) < 4.78 is 15.8. The Labute approximate surface area is 101 Å². The first-order valence-electron chi connectivity index (χ1n) is 5.43. The van der Waals surface area contributed by atoms with E-state index in [1.165, 1.54) is 0 Å². The van der Waals surface area contributed by atoms with Gasteiger partial charge in [-0.3, -0.25) is 0 Å². The lowest BCUT2D eigenvalue weighted by molar-refractivity contribution is -0.107.